The van der Waals surface area contributed by atoms with E-state index in [0.717, 1.165) is 24.6 Å². The minimum atomic E-state index is -0.0669. The Morgan fingerprint density at radius 3 is 2.27 bits per heavy atom. The summed E-state index contributed by atoms with van der Waals surface area (Å²) in [5.74, 6) is 1.78. The van der Waals surface area contributed by atoms with Gasteiger partial charge in [0.2, 0.25) is 5.88 Å². The second-order valence-corrected chi connectivity index (χ2v) is 6.61. The Kier molecular flexibility index (Phi) is 5.55. The van der Waals surface area contributed by atoms with Gasteiger partial charge < -0.3 is 19.9 Å². The zero-order valence-electron chi connectivity index (χ0n) is 15.5. The van der Waals surface area contributed by atoms with Crippen LogP contribution in [0, 0.1) is 0 Å². The predicted molar refractivity (Wildman–Crippen MR) is 102 cm³/mol. The van der Waals surface area contributed by atoms with E-state index >= 15 is 0 Å². The van der Waals surface area contributed by atoms with Crippen molar-refractivity contribution in [2.75, 3.05) is 43.5 Å². The van der Waals surface area contributed by atoms with E-state index in [0.29, 0.717) is 24.9 Å². The Labute approximate surface area is 154 Å². The monoisotopic (exact) mass is 355 g/mol. The molecule has 138 valence electrons. The lowest BCUT2D eigenvalue weighted by atomic mass is 10.0. The SMILES string of the molecule is COc1ccc(N2CCN(C(=O)Nc3ccc(C(C)C)cc3)CC2)nn1. The first-order chi connectivity index (χ1) is 12.6. The molecular formula is C19H25N5O2. The van der Waals surface area contributed by atoms with Gasteiger partial charge in [-0.15, -0.1) is 10.2 Å². The number of rotatable bonds is 4. The summed E-state index contributed by atoms with van der Waals surface area (Å²) in [7, 11) is 1.57. The van der Waals surface area contributed by atoms with E-state index < -0.39 is 0 Å². The van der Waals surface area contributed by atoms with Crippen LogP contribution >= 0.6 is 0 Å². The van der Waals surface area contributed by atoms with E-state index in [-0.39, 0.29) is 6.03 Å². The molecule has 3 rings (SSSR count). The molecule has 1 aliphatic heterocycles. The average molecular weight is 355 g/mol. The molecule has 2 amide bonds. The van der Waals surface area contributed by atoms with Crippen LogP contribution in [0.2, 0.25) is 0 Å². The van der Waals surface area contributed by atoms with Crippen LogP contribution < -0.4 is 15.0 Å². The molecule has 2 aromatic rings. The first-order valence-corrected chi connectivity index (χ1v) is 8.85. The average Bonchev–Trinajstić information content (AvgIpc) is 2.68. The number of carbonyl (C=O) groups excluding carboxylic acids is 1. The van der Waals surface area contributed by atoms with Crippen molar-refractivity contribution < 1.29 is 9.53 Å². The molecule has 0 bridgehead atoms. The highest BCUT2D eigenvalue weighted by Crippen LogP contribution is 2.18. The second kappa shape index (κ2) is 8.03. The number of ether oxygens (including phenoxy) is 1. The van der Waals surface area contributed by atoms with E-state index in [1.807, 2.05) is 23.1 Å². The number of nitrogens with one attached hydrogen (secondary N) is 1. The number of urea groups is 1. The molecule has 0 aliphatic carbocycles. The maximum absolute atomic E-state index is 12.5. The van der Waals surface area contributed by atoms with Gasteiger partial charge >= 0.3 is 6.03 Å². The van der Waals surface area contributed by atoms with Crippen LogP contribution in [0.15, 0.2) is 36.4 Å². The Morgan fingerprint density at radius 1 is 1.04 bits per heavy atom. The van der Waals surface area contributed by atoms with Crippen LogP contribution in [-0.2, 0) is 0 Å². The molecule has 7 heteroatoms. The topological polar surface area (TPSA) is 70.6 Å². The quantitative estimate of drug-likeness (QED) is 0.913. The third kappa shape index (κ3) is 4.22. The van der Waals surface area contributed by atoms with E-state index in [1.165, 1.54) is 5.56 Å². The summed E-state index contributed by atoms with van der Waals surface area (Å²) in [6.07, 6.45) is 0. The highest BCUT2D eigenvalue weighted by Gasteiger charge is 2.22. The summed E-state index contributed by atoms with van der Waals surface area (Å²) >= 11 is 0. The number of carbonyl (C=O) groups is 1. The van der Waals surface area contributed by atoms with Crippen molar-refractivity contribution >= 4 is 17.5 Å². The Balaban J connectivity index is 1.52. The summed E-state index contributed by atoms with van der Waals surface area (Å²) in [5, 5.41) is 11.1. The smallest absolute Gasteiger partial charge is 0.321 e. The molecule has 0 unspecified atom stereocenters. The van der Waals surface area contributed by atoms with E-state index in [1.54, 1.807) is 13.2 Å². The number of aromatic nitrogens is 2. The van der Waals surface area contributed by atoms with Crippen LogP contribution in [0.25, 0.3) is 0 Å². The molecule has 0 radical (unpaired) electrons. The molecular weight excluding hydrogens is 330 g/mol. The van der Waals surface area contributed by atoms with Crippen molar-refractivity contribution in [1.82, 2.24) is 15.1 Å². The standard InChI is InChI=1S/C19H25N5O2/c1-14(2)15-4-6-16(7-5-15)20-19(25)24-12-10-23(11-13-24)17-8-9-18(26-3)22-21-17/h4-9,14H,10-13H2,1-3H3,(H,20,25). The Hall–Kier alpha value is -2.83. The molecule has 0 atom stereocenters. The highest BCUT2D eigenvalue weighted by molar-refractivity contribution is 5.89. The molecule has 26 heavy (non-hydrogen) atoms. The summed E-state index contributed by atoms with van der Waals surface area (Å²) in [6, 6.07) is 11.6. The van der Waals surface area contributed by atoms with Gasteiger partial charge in [-0.3, -0.25) is 0 Å². The molecule has 1 aromatic heterocycles. The maximum Gasteiger partial charge on any atom is 0.321 e. The number of anilines is 2. The van der Waals surface area contributed by atoms with Gasteiger partial charge in [0.1, 0.15) is 0 Å². The van der Waals surface area contributed by atoms with E-state index in [9.17, 15) is 4.79 Å². The van der Waals surface area contributed by atoms with Gasteiger partial charge in [-0.2, -0.15) is 0 Å². The van der Waals surface area contributed by atoms with Crippen molar-refractivity contribution in [3.05, 3.63) is 42.0 Å². The Bertz CT molecular complexity index is 723. The van der Waals surface area contributed by atoms with Crippen molar-refractivity contribution in [3.63, 3.8) is 0 Å². The summed E-state index contributed by atoms with van der Waals surface area (Å²) in [5.41, 5.74) is 2.08. The molecule has 1 fully saturated rings. The lowest BCUT2D eigenvalue weighted by Gasteiger charge is -2.35. The van der Waals surface area contributed by atoms with Crippen LogP contribution in [0.5, 0.6) is 5.88 Å². The third-order valence-corrected chi connectivity index (χ3v) is 4.55. The fourth-order valence-electron chi connectivity index (χ4n) is 2.88. The lowest BCUT2D eigenvalue weighted by Crippen LogP contribution is -2.50. The van der Waals surface area contributed by atoms with Gasteiger partial charge in [0.05, 0.1) is 7.11 Å². The van der Waals surface area contributed by atoms with E-state index in [4.69, 9.17) is 4.74 Å². The minimum Gasteiger partial charge on any atom is -0.480 e. The normalized spacial score (nSPS) is 14.5. The summed E-state index contributed by atoms with van der Waals surface area (Å²) < 4.78 is 5.03. The van der Waals surface area contributed by atoms with Gasteiger partial charge in [0.15, 0.2) is 5.82 Å². The van der Waals surface area contributed by atoms with Gasteiger partial charge in [0, 0.05) is 37.9 Å². The van der Waals surface area contributed by atoms with Crippen molar-refractivity contribution in [2.24, 2.45) is 0 Å². The van der Waals surface area contributed by atoms with Crippen LogP contribution in [0.4, 0.5) is 16.3 Å². The second-order valence-electron chi connectivity index (χ2n) is 6.61. The van der Waals surface area contributed by atoms with Crippen LogP contribution in [-0.4, -0.2) is 54.4 Å². The van der Waals surface area contributed by atoms with Crippen LogP contribution in [0.1, 0.15) is 25.3 Å². The fourth-order valence-corrected chi connectivity index (χ4v) is 2.88. The fraction of sp³-hybridized carbons (Fsp3) is 0.421. The van der Waals surface area contributed by atoms with E-state index in [2.05, 4.69) is 46.4 Å². The van der Waals surface area contributed by atoms with Gasteiger partial charge in [0.25, 0.3) is 0 Å². The van der Waals surface area contributed by atoms with Crippen molar-refractivity contribution in [2.45, 2.75) is 19.8 Å². The highest BCUT2D eigenvalue weighted by atomic mass is 16.5. The molecule has 2 heterocycles. The summed E-state index contributed by atoms with van der Waals surface area (Å²) in [4.78, 5) is 16.4. The predicted octanol–water partition coefficient (Wildman–Crippen LogP) is 2.96. The zero-order chi connectivity index (χ0) is 18.5. The number of methoxy groups -OCH3 is 1. The molecule has 7 nitrogen and oxygen atoms in total. The molecule has 1 aromatic carbocycles. The molecule has 0 spiro atoms. The van der Waals surface area contributed by atoms with Crippen molar-refractivity contribution in [3.8, 4) is 5.88 Å². The van der Waals surface area contributed by atoms with Crippen LogP contribution in [0.3, 0.4) is 0 Å². The number of nitrogens with zero attached hydrogens (tertiary/aromatic N) is 4. The minimum absolute atomic E-state index is 0.0669. The number of hydrogen-bond acceptors (Lipinski definition) is 5. The maximum atomic E-state index is 12.5. The first-order valence-electron chi connectivity index (χ1n) is 8.85. The molecule has 1 saturated heterocycles. The molecule has 0 saturated carbocycles. The largest absolute Gasteiger partial charge is 0.480 e. The van der Waals surface area contributed by atoms with Crippen molar-refractivity contribution in [1.29, 1.82) is 0 Å². The zero-order valence-corrected chi connectivity index (χ0v) is 15.5. The number of piperazine rings is 1. The number of hydrogen-bond donors (Lipinski definition) is 1. The molecule has 1 aliphatic rings. The number of amides is 2. The Morgan fingerprint density at radius 2 is 1.73 bits per heavy atom. The van der Waals surface area contributed by atoms with Gasteiger partial charge in [-0.1, -0.05) is 26.0 Å². The van der Waals surface area contributed by atoms with Gasteiger partial charge in [-0.25, -0.2) is 4.79 Å². The lowest BCUT2D eigenvalue weighted by molar-refractivity contribution is 0.208. The summed E-state index contributed by atoms with van der Waals surface area (Å²) in [6.45, 7) is 7.04. The van der Waals surface area contributed by atoms with Gasteiger partial charge in [-0.05, 0) is 29.7 Å². The first kappa shape index (κ1) is 18.0. The number of benzene rings is 1. The molecule has 1 N–H and O–H groups in total. The third-order valence-electron chi connectivity index (χ3n) is 4.55.